The molecule has 1 heterocycles. The molecule has 0 aliphatic rings. The van der Waals surface area contributed by atoms with Crippen LogP contribution in [0.3, 0.4) is 0 Å². The lowest BCUT2D eigenvalue weighted by atomic mass is 10.4. The first kappa shape index (κ1) is 8.64. The lowest BCUT2D eigenvalue weighted by molar-refractivity contribution is -0.119. The number of hydrogen-bond acceptors (Lipinski definition) is 3. The standard InChI is InChI=1S/C8H11N3O/c1-6-3-11-8(4-9-6)5-10-7(2)12/h3-4H,5H2,1-2H3,(H,10,12). The molecule has 1 aromatic rings. The molecule has 1 N–H and O–H groups in total. The summed E-state index contributed by atoms with van der Waals surface area (Å²) in [4.78, 5) is 18.6. The highest BCUT2D eigenvalue weighted by atomic mass is 16.1. The van der Waals surface area contributed by atoms with Crippen molar-refractivity contribution in [3.05, 3.63) is 23.8 Å². The van der Waals surface area contributed by atoms with Crippen molar-refractivity contribution in [2.75, 3.05) is 0 Å². The van der Waals surface area contributed by atoms with E-state index in [2.05, 4.69) is 15.3 Å². The Hall–Kier alpha value is -1.45. The highest BCUT2D eigenvalue weighted by Gasteiger charge is 1.95. The van der Waals surface area contributed by atoms with Crippen LogP contribution in [0.15, 0.2) is 12.4 Å². The summed E-state index contributed by atoms with van der Waals surface area (Å²) >= 11 is 0. The molecule has 0 fully saturated rings. The van der Waals surface area contributed by atoms with Crippen LogP contribution in [0.2, 0.25) is 0 Å². The van der Waals surface area contributed by atoms with E-state index in [0.717, 1.165) is 11.4 Å². The van der Waals surface area contributed by atoms with Crippen LogP contribution < -0.4 is 5.32 Å². The van der Waals surface area contributed by atoms with Crippen molar-refractivity contribution in [2.24, 2.45) is 0 Å². The largest absolute Gasteiger partial charge is 0.351 e. The second kappa shape index (κ2) is 3.80. The van der Waals surface area contributed by atoms with Gasteiger partial charge in [0.25, 0.3) is 0 Å². The smallest absolute Gasteiger partial charge is 0.217 e. The van der Waals surface area contributed by atoms with Gasteiger partial charge in [-0.1, -0.05) is 0 Å². The number of carbonyl (C=O) groups excluding carboxylic acids is 1. The van der Waals surface area contributed by atoms with Gasteiger partial charge >= 0.3 is 0 Å². The van der Waals surface area contributed by atoms with Gasteiger partial charge in [-0.3, -0.25) is 14.8 Å². The van der Waals surface area contributed by atoms with Gasteiger partial charge in [-0.2, -0.15) is 0 Å². The summed E-state index contributed by atoms with van der Waals surface area (Å²) in [6.07, 6.45) is 3.34. The van der Waals surface area contributed by atoms with Gasteiger partial charge in [-0.15, -0.1) is 0 Å². The second-order valence-electron chi connectivity index (χ2n) is 2.56. The normalized spacial score (nSPS) is 9.50. The third-order valence-corrected chi connectivity index (χ3v) is 1.35. The number of hydrogen-bond donors (Lipinski definition) is 1. The lowest BCUT2D eigenvalue weighted by Gasteiger charge is -2.00. The maximum Gasteiger partial charge on any atom is 0.217 e. The number of carbonyl (C=O) groups is 1. The monoisotopic (exact) mass is 165 g/mol. The highest BCUT2D eigenvalue weighted by Crippen LogP contribution is 1.92. The molecular weight excluding hydrogens is 154 g/mol. The predicted octanol–water partition coefficient (Wildman–Crippen LogP) is 0.421. The maximum absolute atomic E-state index is 10.5. The molecule has 1 rings (SSSR count). The summed E-state index contributed by atoms with van der Waals surface area (Å²) in [5.41, 5.74) is 1.65. The Morgan fingerprint density at radius 1 is 1.50 bits per heavy atom. The van der Waals surface area contributed by atoms with Crippen molar-refractivity contribution in [3.63, 3.8) is 0 Å². The van der Waals surface area contributed by atoms with Gasteiger partial charge in [0.05, 0.1) is 24.1 Å². The first-order valence-corrected chi connectivity index (χ1v) is 3.70. The van der Waals surface area contributed by atoms with E-state index in [4.69, 9.17) is 0 Å². The van der Waals surface area contributed by atoms with E-state index in [-0.39, 0.29) is 5.91 Å². The molecule has 0 aliphatic heterocycles. The van der Waals surface area contributed by atoms with Crippen molar-refractivity contribution in [2.45, 2.75) is 20.4 Å². The van der Waals surface area contributed by atoms with Crippen LogP contribution in [-0.4, -0.2) is 15.9 Å². The molecule has 64 valence electrons. The number of aryl methyl sites for hydroxylation is 1. The fourth-order valence-electron chi connectivity index (χ4n) is 0.726. The van der Waals surface area contributed by atoms with Gasteiger partial charge in [0.1, 0.15) is 0 Å². The minimum Gasteiger partial charge on any atom is -0.351 e. The van der Waals surface area contributed by atoms with Crippen LogP contribution in [-0.2, 0) is 11.3 Å². The fourth-order valence-corrected chi connectivity index (χ4v) is 0.726. The molecule has 0 radical (unpaired) electrons. The van der Waals surface area contributed by atoms with Crippen molar-refractivity contribution in [3.8, 4) is 0 Å². The Morgan fingerprint density at radius 2 is 2.25 bits per heavy atom. The highest BCUT2D eigenvalue weighted by molar-refractivity contribution is 5.72. The SMILES string of the molecule is CC(=O)NCc1cnc(C)cn1. The van der Waals surface area contributed by atoms with E-state index in [1.165, 1.54) is 6.92 Å². The summed E-state index contributed by atoms with van der Waals surface area (Å²) in [5.74, 6) is -0.0580. The second-order valence-corrected chi connectivity index (χ2v) is 2.56. The van der Waals surface area contributed by atoms with E-state index >= 15 is 0 Å². The van der Waals surface area contributed by atoms with Gasteiger partial charge in [-0.05, 0) is 6.92 Å². The maximum atomic E-state index is 10.5. The van der Waals surface area contributed by atoms with Crippen molar-refractivity contribution >= 4 is 5.91 Å². The van der Waals surface area contributed by atoms with Crippen LogP contribution in [0, 0.1) is 6.92 Å². The fraction of sp³-hybridized carbons (Fsp3) is 0.375. The van der Waals surface area contributed by atoms with Gasteiger partial charge < -0.3 is 5.32 Å². The summed E-state index contributed by atoms with van der Waals surface area (Å²) in [6.45, 7) is 3.79. The van der Waals surface area contributed by atoms with Gasteiger partial charge in [0.15, 0.2) is 0 Å². The predicted molar refractivity (Wildman–Crippen MR) is 44.3 cm³/mol. The number of amides is 1. The van der Waals surface area contributed by atoms with Crippen molar-refractivity contribution < 1.29 is 4.79 Å². The Balaban J connectivity index is 2.53. The topological polar surface area (TPSA) is 54.9 Å². The zero-order valence-electron chi connectivity index (χ0n) is 7.16. The Morgan fingerprint density at radius 3 is 2.75 bits per heavy atom. The van der Waals surface area contributed by atoms with E-state index in [1.54, 1.807) is 12.4 Å². The molecule has 1 amide bonds. The third-order valence-electron chi connectivity index (χ3n) is 1.35. The summed E-state index contributed by atoms with van der Waals surface area (Å²) in [5, 5.41) is 2.64. The Kier molecular flexibility index (Phi) is 2.74. The average molecular weight is 165 g/mol. The molecule has 0 aliphatic carbocycles. The first-order valence-electron chi connectivity index (χ1n) is 3.70. The quantitative estimate of drug-likeness (QED) is 0.691. The Bertz CT molecular complexity index is 268. The Labute approximate surface area is 71.0 Å². The molecule has 4 heteroatoms. The molecule has 0 saturated heterocycles. The summed E-state index contributed by atoms with van der Waals surface area (Å²) in [7, 11) is 0. The number of nitrogens with one attached hydrogen (secondary N) is 1. The average Bonchev–Trinajstić information content (AvgIpc) is 2.03. The van der Waals surface area contributed by atoms with E-state index < -0.39 is 0 Å². The first-order chi connectivity index (χ1) is 5.68. The number of aromatic nitrogens is 2. The van der Waals surface area contributed by atoms with Crippen LogP contribution in [0.4, 0.5) is 0 Å². The van der Waals surface area contributed by atoms with Gasteiger partial charge in [-0.25, -0.2) is 0 Å². The zero-order valence-corrected chi connectivity index (χ0v) is 7.16. The van der Waals surface area contributed by atoms with E-state index in [9.17, 15) is 4.79 Å². The zero-order chi connectivity index (χ0) is 8.97. The molecule has 1 aromatic heterocycles. The third kappa shape index (κ3) is 2.65. The number of rotatable bonds is 2. The minimum atomic E-state index is -0.0580. The molecule has 0 saturated carbocycles. The van der Waals surface area contributed by atoms with Crippen molar-refractivity contribution in [1.82, 2.24) is 15.3 Å². The van der Waals surface area contributed by atoms with Crippen molar-refractivity contribution in [1.29, 1.82) is 0 Å². The molecule has 0 aromatic carbocycles. The number of nitrogens with zero attached hydrogens (tertiary/aromatic N) is 2. The van der Waals surface area contributed by atoms with Gasteiger partial charge in [0.2, 0.25) is 5.91 Å². The molecule has 4 nitrogen and oxygen atoms in total. The molecule has 0 spiro atoms. The molecule has 0 atom stereocenters. The summed E-state index contributed by atoms with van der Waals surface area (Å²) < 4.78 is 0. The van der Waals surface area contributed by atoms with Crippen LogP contribution >= 0.6 is 0 Å². The molecule has 0 bridgehead atoms. The molecular formula is C8H11N3O. The van der Waals surface area contributed by atoms with E-state index in [1.807, 2.05) is 6.92 Å². The van der Waals surface area contributed by atoms with Crippen LogP contribution in [0.5, 0.6) is 0 Å². The summed E-state index contributed by atoms with van der Waals surface area (Å²) in [6, 6.07) is 0. The lowest BCUT2D eigenvalue weighted by Crippen LogP contribution is -2.19. The van der Waals surface area contributed by atoms with Gasteiger partial charge in [0, 0.05) is 13.1 Å². The van der Waals surface area contributed by atoms with E-state index in [0.29, 0.717) is 6.54 Å². The molecule has 12 heavy (non-hydrogen) atoms. The van der Waals surface area contributed by atoms with Crippen LogP contribution in [0.25, 0.3) is 0 Å². The minimum absolute atomic E-state index is 0.0580. The molecule has 0 unspecified atom stereocenters. The van der Waals surface area contributed by atoms with Crippen LogP contribution in [0.1, 0.15) is 18.3 Å².